The summed E-state index contributed by atoms with van der Waals surface area (Å²) in [5.74, 6) is 0.578. The number of ether oxygens (including phenoxy) is 2. The van der Waals surface area contributed by atoms with E-state index in [0.29, 0.717) is 11.4 Å². The molecule has 0 aliphatic rings. The van der Waals surface area contributed by atoms with Crippen LogP contribution in [0.1, 0.15) is 39.3 Å². The minimum absolute atomic E-state index is 0.166. The molecule has 0 radical (unpaired) electrons. The van der Waals surface area contributed by atoms with Crippen molar-refractivity contribution < 1.29 is 14.3 Å². The predicted octanol–water partition coefficient (Wildman–Crippen LogP) is 5.28. The lowest BCUT2D eigenvalue weighted by Gasteiger charge is -2.21. The van der Waals surface area contributed by atoms with E-state index in [9.17, 15) is 4.79 Å². The maximum Gasteiger partial charge on any atom is 0.412 e. The van der Waals surface area contributed by atoms with Gasteiger partial charge in [-0.05, 0) is 68.3 Å². The summed E-state index contributed by atoms with van der Waals surface area (Å²) < 4.78 is 10.6. The van der Waals surface area contributed by atoms with E-state index in [1.165, 1.54) is 5.56 Å². The highest BCUT2D eigenvalue weighted by Crippen LogP contribution is 2.30. The summed E-state index contributed by atoms with van der Waals surface area (Å²) in [6.07, 6.45) is -0.510. The number of hydrogen-bond donors (Lipinski definition) is 2. The molecule has 2 aromatic rings. The van der Waals surface area contributed by atoms with Crippen LogP contribution >= 0.6 is 11.3 Å². The van der Waals surface area contributed by atoms with E-state index in [4.69, 9.17) is 9.47 Å². The summed E-state index contributed by atoms with van der Waals surface area (Å²) >= 11 is 1.67. The van der Waals surface area contributed by atoms with Crippen LogP contribution in [0.25, 0.3) is 0 Å². The molecule has 0 saturated heterocycles. The molecule has 1 aromatic heterocycles. The average Bonchev–Trinajstić information content (AvgIpc) is 2.99. The Bertz CT molecular complexity index is 678. The molecule has 0 bridgehead atoms. The van der Waals surface area contributed by atoms with Crippen LogP contribution in [0.4, 0.5) is 16.2 Å². The van der Waals surface area contributed by atoms with Gasteiger partial charge in [0.25, 0.3) is 0 Å². The molecule has 130 valence electrons. The van der Waals surface area contributed by atoms with Crippen LogP contribution in [0.2, 0.25) is 0 Å². The van der Waals surface area contributed by atoms with Gasteiger partial charge in [-0.25, -0.2) is 4.79 Å². The first-order valence-corrected chi connectivity index (χ1v) is 8.69. The molecule has 2 rings (SSSR count). The molecule has 1 heterocycles. The molecule has 1 unspecified atom stereocenters. The van der Waals surface area contributed by atoms with Crippen molar-refractivity contribution >= 4 is 28.8 Å². The maximum atomic E-state index is 12.0. The van der Waals surface area contributed by atoms with E-state index in [2.05, 4.69) is 34.4 Å². The highest BCUT2D eigenvalue weighted by Gasteiger charge is 2.18. The van der Waals surface area contributed by atoms with Gasteiger partial charge in [-0.15, -0.1) is 0 Å². The van der Waals surface area contributed by atoms with E-state index < -0.39 is 11.7 Å². The molecular formula is C18H24N2O3S. The number of methoxy groups -OCH3 is 1. The summed E-state index contributed by atoms with van der Waals surface area (Å²) in [4.78, 5) is 12.0. The number of amides is 1. The van der Waals surface area contributed by atoms with E-state index >= 15 is 0 Å². The molecule has 0 aliphatic heterocycles. The highest BCUT2D eigenvalue weighted by atomic mass is 32.1. The summed E-state index contributed by atoms with van der Waals surface area (Å²) in [6.45, 7) is 7.56. The third-order valence-electron chi connectivity index (χ3n) is 3.26. The molecule has 0 aliphatic carbocycles. The van der Waals surface area contributed by atoms with Gasteiger partial charge < -0.3 is 14.8 Å². The monoisotopic (exact) mass is 348 g/mol. The molecule has 1 amide bonds. The van der Waals surface area contributed by atoms with Crippen LogP contribution in [-0.4, -0.2) is 18.8 Å². The first-order valence-electron chi connectivity index (χ1n) is 7.75. The lowest BCUT2D eigenvalue weighted by Crippen LogP contribution is -2.27. The van der Waals surface area contributed by atoms with Crippen molar-refractivity contribution in [3.05, 3.63) is 40.6 Å². The van der Waals surface area contributed by atoms with Crippen molar-refractivity contribution in [3.8, 4) is 5.75 Å². The lowest BCUT2D eigenvalue weighted by molar-refractivity contribution is 0.0635. The van der Waals surface area contributed by atoms with Gasteiger partial charge in [-0.3, -0.25) is 5.32 Å². The zero-order valence-electron chi connectivity index (χ0n) is 14.7. The second-order valence-electron chi connectivity index (χ2n) is 6.46. The molecule has 6 heteroatoms. The molecule has 5 nitrogen and oxygen atoms in total. The Hall–Kier alpha value is -2.21. The number of carbonyl (C=O) groups excluding carboxylic acids is 1. The molecule has 24 heavy (non-hydrogen) atoms. The predicted molar refractivity (Wildman–Crippen MR) is 99.2 cm³/mol. The number of benzene rings is 1. The minimum Gasteiger partial charge on any atom is -0.495 e. The Morgan fingerprint density at radius 2 is 2.00 bits per heavy atom. The third-order valence-corrected chi connectivity index (χ3v) is 3.96. The van der Waals surface area contributed by atoms with Crippen molar-refractivity contribution in [2.45, 2.75) is 39.3 Å². The Morgan fingerprint density at radius 3 is 2.58 bits per heavy atom. The van der Waals surface area contributed by atoms with E-state index in [-0.39, 0.29) is 6.04 Å². The lowest BCUT2D eigenvalue weighted by atomic mass is 10.1. The summed E-state index contributed by atoms with van der Waals surface area (Å²) in [5, 5.41) is 10.3. The fourth-order valence-electron chi connectivity index (χ4n) is 2.16. The quantitative estimate of drug-likeness (QED) is 0.772. The molecule has 0 saturated carbocycles. The van der Waals surface area contributed by atoms with Crippen molar-refractivity contribution in [2.75, 3.05) is 17.7 Å². The molecule has 1 aromatic carbocycles. The fourth-order valence-corrected chi connectivity index (χ4v) is 2.92. The molecule has 1 atom stereocenters. The van der Waals surface area contributed by atoms with Crippen LogP contribution < -0.4 is 15.4 Å². The average molecular weight is 348 g/mol. The van der Waals surface area contributed by atoms with Gasteiger partial charge in [0.15, 0.2) is 0 Å². The van der Waals surface area contributed by atoms with Crippen molar-refractivity contribution in [2.24, 2.45) is 0 Å². The standard InChI is InChI=1S/C18H24N2O3S/c1-12(13-8-9-24-11-13)19-14-6-7-16(22-5)15(10-14)20-17(21)23-18(2,3)4/h6-12,19H,1-5H3,(H,20,21). The Balaban J connectivity index is 2.13. The van der Waals surface area contributed by atoms with Gasteiger partial charge in [-0.2, -0.15) is 11.3 Å². The first-order chi connectivity index (χ1) is 11.3. The Labute approximate surface area is 147 Å². The van der Waals surface area contributed by atoms with Crippen molar-refractivity contribution in [1.29, 1.82) is 0 Å². The molecular weight excluding hydrogens is 324 g/mol. The van der Waals surface area contributed by atoms with Crippen LogP contribution in [-0.2, 0) is 4.74 Å². The third kappa shape index (κ3) is 5.16. The minimum atomic E-state index is -0.555. The number of hydrogen-bond acceptors (Lipinski definition) is 5. The van der Waals surface area contributed by atoms with Crippen molar-refractivity contribution in [3.63, 3.8) is 0 Å². The largest absolute Gasteiger partial charge is 0.495 e. The topological polar surface area (TPSA) is 59.6 Å². The van der Waals surface area contributed by atoms with Gasteiger partial charge in [-0.1, -0.05) is 0 Å². The van der Waals surface area contributed by atoms with Gasteiger partial charge in [0.1, 0.15) is 11.4 Å². The van der Waals surface area contributed by atoms with Crippen LogP contribution in [0.3, 0.4) is 0 Å². The summed E-state index contributed by atoms with van der Waals surface area (Å²) in [7, 11) is 1.57. The summed E-state index contributed by atoms with van der Waals surface area (Å²) in [6, 6.07) is 7.83. The summed E-state index contributed by atoms with van der Waals surface area (Å²) in [5.41, 5.74) is 2.12. The van der Waals surface area contributed by atoms with Crippen LogP contribution in [0.5, 0.6) is 5.75 Å². The smallest absolute Gasteiger partial charge is 0.412 e. The van der Waals surface area contributed by atoms with E-state index in [1.807, 2.05) is 39.0 Å². The maximum absolute atomic E-state index is 12.0. The second kappa shape index (κ2) is 7.57. The first kappa shape index (κ1) is 18.1. The number of anilines is 2. The fraction of sp³-hybridized carbons (Fsp3) is 0.389. The molecule has 2 N–H and O–H groups in total. The number of carbonyl (C=O) groups is 1. The Kier molecular flexibility index (Phi) is 5.72. The zero-order chi connectivity index (χ0) is 17.7. The second-order valence-corrected chi connectivity index (χ2v) is 7.24. The van der Waals surface area contributed by atoms with Gasteiger partial charge in [0, 0.05) is 11.7 Å². The Morgan fingerprint density at radius 1 is 1.25 bits per heavy atom. The molecule has 0 spiro atoms. The zero-order valence-corrected chi connectivity index (χ0v) is 15.5. The number of nitrogens with one attached hydrogen (secondary N) is 2. The van der Waals surface area contributed by atoms with Crippen molar-refractivity contribution in [1.82, 2.24) is 0 Å². The van der Waals surface area contributed by atoms with Crippen LogP contribution in [0.15, 0.2) is 35.0 Å². The van der Waals surface area contributed by atoms with E-state index in [1.54, 1.807) is 18.4 Å². The highest BCUT2D eigenvalue weighted by molar-refractivity contribution is 7.08. The SMILES string of the molecule is COc1ccc(NC(C)c2ccsc2)cc1NC(=O)OC(C)(C)C. The normalized spacial score (nSPS) is 12.4. The van der Waals surface area contributed by atoms with Gasteiger partial charge in [0.2, 0.25) is 0 Å². The number of rotatable bonds is 5. The molecule has 0 fully saturated rings. The van der Waals surface area contributed by atoms with Crippen LogP contribution in [0, 0.1) is 0 Å². The van der Waals surface area contributed by atoms with Gasteiger partial charge >= 0.3 is 6.09 Å². The van der Waals surface area contributed by atoms with E-state index in [0.717, 1.165) is 5.69 Å². The number of thiophene rings is 1. The van der Waals surface area contributed by atoms with Gasteiger partial charge in [0.05, 0.1) is 12.8 Å².